The van der Waals surface area contributed by atoms with Crippen LogP contribution in [0, 0.1) is 11.3 Å². The fraction of sp³-hybridized carbons (Fsp3) is 0.429. The van der Waals surface area contributed by atoms with Crippen LogP contribution in [0.15, 0.2) is 24.3 Å². The van der Waals surface area contributed by atoms with E-state index in [0.29, 0.717) is 30.4 Å². The van der Waals surface area contributed by atoms with Crippen LogP contribution in [0.2, 0.25) is 0 Å². The summed E-state index contributed by atoms with van der Waals surface area (Å²) in [5.74, 6) is -0.174. The summed E-state index contributed by atoms with van der Waals surface area (Å²) in [7, 11) is -3.53. The highest BCUT2D eigenvalue weighted by molar-refractivity contribution is 7.88. The second-order valence-electron chi connectivity index (χ2n) is 4.88. The Bertz CT molecular complexity index is 634. The number of rotatable bonds is 4. The number of aldehydes is 1. The molecule has 1 atom stereocenters. The van der Waals surface area contributed by atoms with Crippen molar-refractivity contribution in [2.24, 2.45) is 0 Å². The Morgan fingerprint density at radius 3 is 2.90 bits per heavy atom. The first kappa shape index (κ1) is 14.7. The lowest BCUT2D eigenvalue weighted by molar-refractivity contribution is -0.111. The fourth-order valence-electron chi connectivity index (χ4n) is 2.44. The molecule has 1 heterocycles. The molecular formula is C14H16N2O3S. The number of nitrogens with zero attached hydrogens (tertiary/aromatic N) is 2. The SMILES string of the molecule is N#Cc1cccc(CS(=O)(=O)N2CCCCC2C=O)c1. The van der Waals surface area contributed by atoms with Gasteiger partial charge in [0.2, 0.25) is 10.0 Å². The van der Waals surface area contributed by atoms with Crippen molar-refractivity contribution in [2.75, 3.05) is 6.54 Å². The molecule has 1 aromatic rings. The molecule has 1 saturated heterocycles. The molecule has 0 aliphatic carbocycles. The molecule has 1 aromatic carbocycles. The summed E-state index contributed by atoms with van der Waals surface area (Å²) in [5.41, 5.74) is 1.00. The standard InChI is InChI=1S/C14H16N2O3S/c15-9-12-4-3-5-13(8-12)11-20(18,19)16-7-2-1-6-14(16)10-17/h3-5,8,10,14H,1-2,6-7,11H2. The van der Waals surface area contributed by atoms with Crippen molar-refractivity contribution in [2.45, 2.75) is 31.1 Å². The molecule has 0 bridgehead atoms. The Morgan fingerprint density at radius 1 is 1.40 bits per heavy atom. The second kappa shape index (κ2) is 6.16. The third-order valence-electron chi connectivity index (χ3n) is 3.42. The first-order valence-corrected chi connectivity index (χ1v) is 8.11. The average Bonchev–Trinajstić information content (AvgIpc) is 2.47. The molecule has 0 spiro atoms. The van der Waals surface area contributed by atoms with E-state index in [1.807, 2.05) is 6.07 Å². The Kier molecular flexibility index (Phi) is 4.53. The quantitative estimate of drug-likeness (QED) is 0.787. The van der Waals surface area contributed by atoms with E-state index >= 15 is 0 Å². The van der Waals surface area contributed by atoms with Gasteiger partial charge >= 0.3 is 0 Å². The van der Waals surface area contributed by atoms with Crippen molar-refractivity contribution in [1.29, 1.82) is 5.26 Å². The molecule has 2 rings (SSSR count). The van der Waals surface area contributed by atoms with Crippen molar-refractivity contribution in [3.05, 3.63) is 35.4 Å². The topological polar surface area (TPSA) is 78.2 Å². The smallest absolute Gasteiger partial charge is 0.218 e. The minimum absolute atomic E-state index is 0.174. The summed E-state index contributed by atoms with van der Waals surface area (Å²) in [4.78, 5) is 11.0. The van der Waals surface area contributed by atoms with Gasteiger partial charge in [0.15, 0.2) is 0 Å². The van der Waals surface area contributed by atoms with Crippen molar-refractivity contribution in [3.8, 4) is 6.07 Å². The van der Waals surface area contributed by atoms with Crippen LogP contribution in [0.25, 0.3) is 0 Å². The highest BCUT2D eigenvalue weighted by Gasteiger charge is 2.31. The van der Waals surface area contributed by atoms with Crippen molar-refractivity contribution < 1.29 is 13.2 Å². The zero-order valence-electron chi connectivity index (χ0n) is 11.0. The van der Waals surface area contributed by atoms with Crippen LogP contribution >= 0.6 is 0 Å². The maximum absolute atomic E-state index is 12.4. The third-order valence-corrected chi connectivity index (χ3v) is 5.28. The van der Waals surface area contributed by atoms with Gasteiger partial charge in [-0.2, -0.15) is 9.57 Å². The monoisotopic (exact) mass is 292 g/mol. The van der Waals surface area contributed by atoms with Crippen molar-refractivity contribution in [3.63, 3.8) is 0 Å². The Hall–Kier alpha value is -1.71. The first-order chi connectivity index (χ1) is 9.56. The van der Waals surface area contributed by atoms with Crippen LogP contribution in [-0.4, -0.2) is 31.6 Å². The average molecular weight is 292 g/mol. The van der Waals surface area contributed by atoms with E-state index in [1.165, 1.54) is 4.31 Å². The zero-order valence-corrected chi connectivity index (χ0v) is 11.8. The summed E-state index contributed by atoms with van der Waals surface area (Å²) in [6.07, 6.45) is 2.95. The van der Waals surface area contributed by atoms with E-state index in [1.54, 1.807) is 24.3 Å². The molecule has 1 aliphatic heterocycles. The molecular weight excluding hydrogens is 276 g/mol. The molecule has 0 aromatic heterocycles. The molecule has 20 heavy (non-hydrogen) atoms. The molecule has 0 saturated carbocycles. The number of sulfonamides is 1. The normalized spacial score (nSPS) is 20.2. The van der Waals surface area contributed by atoms with Crippen LogP contribution in [0.1, 0.15) is 30.4 Å². The molecule has 1 fully saturated rings. The largest absolute Gasteiger partial charge is 0.302 e. The maximum Gasteiger partial charge on any atom is 0.218 e. The van der Waals surface area contributed by atoms with Gasteiger partial charge in [0, 0.05) is 6.54 Å². The molecule has 6 heteroatoms. The lowest BCUT2D eigenvalue weighted by Crippen LogP contribution is -2.45. The van der Waals surface area contributed by atoms with Gasteiger partial charge in [0.1, 0.15) is 6.29 Å². The van der Waals surface area contributed by atoms with Crippen molar-refractivity contribution >= 4 is 16.3 Å². The number of hydrogen-bond donors (Lipinski definition) is 0. The minimum Gasteiger partial charge on any atom is -0.302 e. The third kappa shape index (κ3) is 3.24. The van der Waals surface area contributed by atoms with Crippen LogP contribution in [-0.2, 0) is 20.6 Å². The number of benzene rings is 1. The van der Waals surface area contributed by atoms with Gasteiger partial charge in [-0.3, -0.25) is 0 Å². The number of piperidine rings is 1. The van der Waals surface area contributed by atoms with Gasteiger partial charge < -0.3 is 4.79 Å². The number of carbonyl (C=O) groups is 1. The van der Waals surface area contributed by atoms with Crippen molar-refractivity contribution in [1.82, 2.24) is 4.31 Å². The van der Waals surface area contributed by atoms with Crippen LogP contribution in [0.3, 0.4) is 0 Å². The maximum atomic E-state index is 12.4. The molecule has 1 unspecified atom stereocenters. The molecule has 1 aliphatic rings. The van der Waals surface area contributed by atoms with E-state index in [4.69, 9.17) is 5.26 Å². The fourth-order valence-corrected chi connectivity index (χ4v) is 4.18. The van der Waals surface area contributed by atoms with Crippen LogP contribution in [0.5, 0.6) is 0 Å². The lowest BCUT2D eigenvalue weighted by Gasteiger charge is -2.31. The Morgan fingerprint density at radius 2 is 2.20 bits per heavy atom. The van der Waals surface area contributed by atoms with Gasteiger partial charge in [-0.05, 0) is 30.5 Å². The Balaban J connectivity index is 2.21. The van der Waals surface area contributed by atoms with Gasteiger partial charge in [0.05, 0.1) is 23.4 Å². The molecule has 0 N–H and O–H groups in total. The van der Waals surface area contributed by atoms with Gasteiger partial charge in [-0.15, -0.1) is 0 Å². The first-order valence-electron chi connectivity index (χ1n) is 6.50. The molecule has 5 nitrogen and oxygen atoms in total. The van der Waals surface area contributed by atoms with E-state index < -0.39 is 16.1 Å². The minimum atomic E-state index is -3.53. The van der Waals surface area contributed by atoms with E-state index in [2.05, 4.69) is 0 Å². The lowest BCUT2D eigenvalue weighted by atomic mass is 10.1. The van der Waals surface area contributed by atoms with Crippen LogP contribution < -0.4 is 0 Å². The zero-order chi connectivity index (χ0) is 14.6. The summed E-state index contributed by atoms with van der Waals surface area (Å²) >= 11 is 0. The highest BCUT2D eigenvalue weighted by Crippen LogP contribution is 2.22. The predicted octanol–water partition coefficient (Wildman–Crippen LogP) is 1.44. The van der Waals surface area contributed by atoms with Gasteiger partial charge in [-0.1, -0.05) is 18.6 Å². The van der Waals surface area contributed by atoms with Crippen LogP contribution in [0.4, 0.5) is 0 Å². The highest BCUT2D eigenvalue weighted by atomic mass is 32.2. The molecule has 106 valence electrons. The summed E-state index contributed by atoms with van der Waals surface area (Å²) in [6.45, 7) is 0.393. The van der Waals surface area contributed by atoms with Gasteiger partial charge in [-0.25, -0.2) is 8.42 Å². The van der Waals surface area contributed by atoms with E-state index in [0.717, 1.165) is 12.8 Å². The van der Waals surface area contributed by atoms with E-state index in [-0.39, 0.29) is 5.75 Å². The Labute approximate surface area is 118 Å². The summed E-state index contributed by atoms with van der Waals surface area (Å²) in [5, 5.41) is 8.83. The number of nitriles is 1. The number of hydrogen-bond acceptors (Lipinski definition) is 4. The molecule has 0 radical (unpaired) electrons. The molecule has 0 amide bonds. The van der Waals surface area contributed by atoms with E-state index in [9.17, 15) is 13.2 Å². The summed E-state index contributed by atoms with van der Waals surface area (Å²) < 4.78 is 26.1. The number of carbonyl (C=O) groups excluding carboxylic acids is 1. The predicted molar refractivity (Wildman–Crippen MR) is 74.2 cm³/mol. The summed E-state index contributed by atoms with van der Waals surface area (Å²) in [6, 6.07) is 7.98. The van der Waals surface area contributed by atoms with Gasteiger partial charge in [0.25, 0.3) is 0 Å². The second-order valence-corrected chi connectivity index (χ2v) is 6.80.